The van der Waals surface area contributed by atoms with E-state index < -0.39 is 0 Å². The third-order valence-corrected chi connectivity index (χ3v) is 3.98. The van der Waals surface area contributed by atoms with Crippen LogP contribution in [-0.4, -0.2) is 52.0 Å². The van der Waals surface area contributed by atoms with Crippen LogP contribution in [0.5, 0.6) is 11.5 Å². The molecular formula is C20H36IN3O3. The van der Waals surface area contributed by atoms with E-state index in [2.05, 4.69) is 34.7 Å². The van der Waals surface area contributed by atoms with E-state index in [-0.39, 0.29) is 29.6 Å². The van der Waals surface area contributed by atoms with Crippen molar-refractivity contribution in [2.75, 3.05) is 40.5 Å². The van der Waals surface area contributed by atoms with Crippen LogP contribution in [0.1, 0.15) is 39.7 Å². The van der Waals surface area contributed by atoms with Crippen LogP contribution in [0.15, 0.2) is 23.2 Å². The highest BCUT2D eigenvalue weighted by Gasteiger charge is 2.15. The molecule has 0 aliphatic rings. The lowest BCUT2D eigenvalue weighted by molar-refractivity contribution is 0.0310. The molecule has 2 N–H and O–H groups in total. The molecule has 156 valence electrons. The lowest BCUT2D eigenvalue weighted by Gasteiger charge is -2.21. The lowest BCUT2D eigenvalue weighted by Crippen LogP contribution is -2.39. The standard InChI is InChI=1S/C20H35N3O3.HI/c1-7-21-19(23-15-20(3,4)25-6)22-13-9-10-16-11-12-17(24-5)18(14-16)26-8-2;/h11-12,14H,7-10,13,15H2,1-6H3,(H2,21,22,23);1H. The van der Waals surface area contributed by atoms with Gasteiger partial charge < -0.3 is 24.8 Å². The summed E-state index contributed by atoms with van der Waals surface area (Å²) in [5, 5.41) is 6.64. The van der Waals surface area contributed by atoms with Gasteiger partial charge in [-0.3, -0.25) is 4.99 Å². The fourth-order valence-electron chi connectivity index (χ4n) is 2.32. The Hall–Kier alpha value is -1.22. The third-order valence-electron chi connectivity index (χ3n) is 3.98. The fourth-order valence-corrected chi connectivity index (χ4v) is 2.32. The molecule has 1 aromatic carbocycles. The number of hydrogen-bond acceptors (Lipinski definition) is 4. The summed E-state index contributed by atoms with van der Waals surface area (Å²) in [7, 11) is 3.37. The second-order valence-electron chi connectivity index (χ2n) is 6.61. The number of rotatable bonds is 11. The smallest absolute Gasteiger partial charge is 0.191 e. The molecule has 0 atom stereocenters. The maximum absolute atomic E-state index is 5.64. The average molecular weight is 493 g/mol. The Bertz CT molecular complexity index is 565. The summed E-state index contributed by atoms with van der Waals surface area (Å²) in [4.78, 5) is 4.59. The molecule has 0 aliphatic carbocycles. The van der Waals surface area contributed by atoms with Gasteiger partial charge in [-0.25, -0.2) is 0 Å². The Labute approximate surface area is 181 Å². The second kappa shape index (κ2) is 13.9. The molecule has 0 saturated heterocycles. The van der Waals surface area contributed by atoms with E-state index in [1.165, 1.54) is 5.56 Å². The molecule has 0 amide bonds. The molecule has 0 saturated carbocycles. The van der Waals surface area contributed by atoms with Crippen LogP contribution in [0.3, 0.4) is 0 Å². The predicted molar refractivity (Wildman–Crippen MR) is 123 cm³/mol. The minimum atomic E-state index is -0.263. The van der Waals surface area contributed by atoms with Gasteiger partial charge >= 0.3 is 0 Å². The molecule has 6 nitrogen and oxygen atoms in total. The predicted octanol–water partition coefficient (Wildman–Crippen LogP) is 3.62. The van der Waals surface area contributed by atoms with E-state index in [0.717, 1.165) is 43.4 Å². The Morgan fingerprint density at radius 1 is 1.11 bits per heavy atom. The molecule has 7 heteroatoms. The summed E-state index contributed by atoms with van der Waals surface area (Å²) >= 11 is 0. The van der Waals surface area contributed by atoms with Crippen molar-refractivity contribution < 1.29 is 14.2 Å². The summed E-state index contributed by atoms with van der Waals surface area (Å²) in [6.45, 7) is 11.0. The molecule has 27 heavy (non-hydrogen) atoms. The summed E-state index contributed by atoms with van der Waals surface area (Å²) in [5.74, 6) is 2.40. The molecule has 0 fully saturated rings. The van der Waals surface area contributed by atoms with Crippen molar-refractivity contribution in [1.82, 2.24) is 10.6 Å². The first-order valence-electron chi connectivity index (χ1n) is 9.32. The summed E-state index contributed by atoms with van der Waals surface area (Å²) in [6.07, 6.45) is 1.95. The van der Waals surface area contributed by atoms with E-state index in [1.807, 2.05) is 26.8 Å². The molecule has 0 aliphatic heterocycles. The summed E-state index contributed by atoms with van der Waals surface area (Å²) in [5.41, 5.74) is 0.972. The monoisotopic (exact) mass is 493 g/mol. The zero-order chi connectivity index (χ0) is 19.4. The van der Waals surface area contributed by atoms with Crippen LogP contribution in [0, 0.1) is 0 Å². The second-order valence-corrected chi connectivity index (χ2v) is 6.61. The fraction of sp³-hybridized carbons (Fsp3) is 0.650. The first-order valence-corrected chi connectivity index (χ1v) is 9.32. The lowest BCUT2D eigenvalue weighted by atomic mass is 10.1. The van der Waals surface area contributed by atoms with Crippen LogP contribution >= 0.6 is 24.0 Å². The number of halogens is 1. The van der Waals surface area contributed by atoms with Gasteiger partial charge in [0, 0.05) is 20.2 Å². The van der Waals surface area contributed by atoms with Gasteiger partial charge in [0.25, 0.3) is 0 Å². The number of guanidine groups is 1. The Morgan fingerprint density at radius 3 is 2.44 bits per heavy atom. The SMILES string of the molecule is CCNC(=NCC(C)(C)OC)NCCCc1ccc(OC)c(OCC)c1.I. The molecule has 0 heterocycles. The number of aliphatic imine (C=N–C) groups is 1. The van der Waals surface area contributed by atoms with Crippen LogP contribution in [0.25, 0.3) is 0 Å². The molecule has 1 aromatic rings. The van der Waals surface area contributed by atoms with Crippen LogP contribution in [-0.2, 0) is 11.2 Å². The van der Waals surface area contributed by atoms with Crippen molar-refractivity contribution in [1.29, 1.82) is 0 Å². The number of nitrogens with zero attached hydrogens (tertiary/aromatic N) is 1. The molecule has 1 rings (SSSR count). The van der Waals surface area contributed by atoms with Crippen LogP contribution in [0.4, 0.5) is 0 Å². The van der Waals surface area contributed by atoms with E-state index in [0.29, 0.717) is 13.2 Å². The number of ether oxygens (including phenoxy) is 3. The zero-order valence-corrected chi connectivity index (χ0v) is 19.9. The van der Waals surface area contributed by atoms with E-state index >= 15 is 0 Å². The van der Waals surface area contributed by atoms with Gasteiger partial charge in [-0.05, 0) is 58.2 Å². The highest BCUT2D eigenvalue weighted by Crippen LogP contribution is 2.28. The zero-order valence-electron chi connectivity index (χ0n) is 17.6. The Balaban J connectivity index is 0.00000676. The van der Waals surface area contributed by atoms with E-state index in [9.17, 15) is 0 Å². The summed E-state index contributed by atoms with van der Waals surface area (Å²) < 4.78 is 16.4. The van der Waals surface area contributed by atoms with Gasteiger partial charge in [0.1, 0.15) is 0 Å². The largest absolute Gasteiger partial charge is 0.493 e. The summed E-state index contributed by atoms with van der Waals surface area (Å²) in [6, 6.07) is 6.11. The third kappa shape index (κ3) is 10.0. The normalized spacial score (nSPS) is 11.6. The number of nitrogens with one attached hydrogen (secondary N) is 2. The van der Waals surface area contributed by atoms with Gasteiger partial charge in [-0.1, -0.05) is 6.07 Å². The van der Waals surface area contributed by atoms with Gasteiger partial charge in [0.15, 0.2) is 17.5 Å². The average Bonchev–Trinajstić information content (AvgIpc) is 2.63. The Morgan fingerprint density at radius 2 is 1.85 bits per heavy atom. The van der Waals surface area contributed by atoms with Crippen molar-refractivity contribution in [2.45, 2.75) is 46.1 Å². The van der Waals surface area contributed by atoms with E-state index in [4.69, 9.17) is 14.2 Å². The number of hydrogen-bond donors (Lipinski definition) is 2. The molecule has 0 unspecified atom stereocenters. The van der Waals surface area contributed by atoms with E-state index in [1.54, 1.807) is 14.2 Å². The highest BCUT2D eigenvalue weighted by atomic mass is 127. The van der Waals surface area contributed by atoms with Gasteiger partial charge in [-0.15, -0.1) is 24.0 Å². The van der Waals surface area contributed by atoms with Crippen LogP contribution in [0.2, 0.25) is 0 Å². The minimum Gasteiger partial charge on any atom is -0.493 e. The van der Waals surface area contributed by atoms with Crippen molar-refractivity contribution in [3.8, 4) is 11.5 Å². The van der Waals surface area contributed by atoms with Crippen molar-refractivity contribution >= 4 is 29.9 Å². The molecule has 0 aromatic heterocycles. The number of aryl methyl sites for hydroxylation is 1. The molecule has 0 radical (unpaired) electrons. The maximum Gasteiger partial charge on any atom is 0.191 e. The van der Waals surface area contributed by atoms with Gasteiger partial charge in [0.05, 0.1) is 25.9 Å². The Kier molecular flexibility index (Phi) is 13.2. The first kappa shape index (κ1) is 25.8. The molecular weight excluding hydrogens is 457 g/mol. The first-order chi connectivity index (χ1) is 12.5. The maximum atomic E-state index is 5.64. The van der Waals surface area contributed by atoms with Crippen molar-refractivity contribution in [3.05, 3.63) is 23.8 Å². The van der Waals surface area contributed by atoms with Crippen LogP contribution < -0.4 is 20.1 Å². The highest BCUT2D eigenvalue weighted by molar-refractivity contribution is 14.0. The van der Waals surface area contributed by atoms with Gasteiger partial charge in [0.2, 0.25) is 0 Å². The topological polar surface area (TPSA) is 64.1 Å². The number of benzene rings is 1. The number of methoxy groups -OCH3 is 2. The minimum absolute atomic E-state index is 0. The van der Waals surface area contributed by atoms with Crippen molar-refractivity contribution in [3.63, 3.8) is 0 Å². The molecule has 0 bridgehead atoms. The quantitative estimate of drug-likeness (QED) is 0.213. The van der Waals surface area contributed by atoms with Crippen molar-refractivity contribution in [2.24, 2.45) is 4.99 Å². The van der Waals surface area contributed by atoms with Gasteiger partial charge in [-0.2, -0.15) is 0 Å². The molecule has 0 spiro atoms.